The van der Waals surface area contributed by atoms with Crippen LogP contribution < -0.4 is 4.90 Å². The lowest BCUT2D eigenvalue weighted by atomic mass is 10.3. The van der Waals surface area contributed by atoms with E-state index in [1.807, 2.05) is 6.20 Å². The highest BCUT2D eigenvalue weighted by Gasteiger charge is 2.07. The molecule has 1 aromatic rings. The van der Waals surface area contributed by atoms with Gasteiger partial charge in [0.25, 0.3) is 0 Å². The molecule has 0 N–H and O–H groups in total. The molecule has 0 radical (unpaired) electrons. The zero-order valence-electron chi connectivity index (χ0n) is 8.33. The summed E-state index contributed by atoms with van der Waals surface area (Å²) >= 11 is 0. The minimum absolute atomic E-state index is 1.00. The molecule has 0 atom stereocenters. The first-order valence-electron chi connectivity index (χ1n) is 4.36. The molecule has 1 heterocycles. The molecule has 0 unspecified atom stereocenters. The summed E-state index contributed by atoms with van der Waals surface area (Å²) in [6.07, 6.45) is 3.05. The zero-order valence-corrected chi connectivity index (χ0v) is 8.33. The van der Waals surface area contributed by atoms with Gasteiger partial charge in [0.1, 0.15) is 5.82 Å². The molecule has 1 aromatic heterocycles. The van der Waals surface area contributed by atoms with Crippen LogP contribution in [0.5, 0.6) is 0 Å². The van der Waals surface area contributed by atoms with Gasteiger partial charge in [0.15, 0.2) is 0 Å². The Labute approximate surface area is 74.0 Å². The fraction of sp³-hybridized carbons (Fsp3) is 0.667. The number of nitrogens with zero attached hydrogens (tertiary/aromatic N) is 3. The fourth-order valence-electron chi connectivity index (χ4n) is 1.43. The number of aryl methyl sites for hydroxylation is 2. The Bertz CT molecular complexity index is 250. The minimum Gasteiger partial charge on any atom is -0.363 e. The quantitative estimate of drug-likeness (QED) is 0.682. The molecule has 0 saturated heterocycles. The molecular weight excluding hydrogens is 150 g/mol. The molecule has 0 aliphatic rings. The van der Waals surface area contributed by atoms with Crippen LogP contribution >= 0.6 is 0 Å². The van der Waals surface area contributed by atoms with Gasteiger partial charge in [-0.1, -0.05) is 6.92 Å². The summed E-state index contributed by atoms with van der Waals surface area (Å²) in [5, 5.41) is 4.30. The van der Waals surface area contributed by atoms with E-state index in [0.29, 0.717) is 0 Å². The van der Waals surface area contributed by atoms with Gasteiger partial charge in [-0.05, 0) is 13.3 Å². The van der Waals surface area contributed by atoms with Crippen molar-refractivity contribution in [3.63, 3.8) is 0 Å². The van der Waals surface area contributed by atoms with E-state index in [4.69, 9.17) is 0 Å². The second-order valence-electron chi connectivity index (χ2n) is 3.27. The van der Waals surface area contributed by atoms with Gasteiger partial charge in [-0.15, -0.1) is 0 Å². The first-order valence-corrected chi connectivity index (χ1v) is 4.36. The summed E-state index contributed by atoms with van der Waals surface area (Å²) in [5.74, 6) is 1.22. The lowest BCUT2D eigenvalue weighted by Crippen LogP contribution is -2.16. The highest BCUT2D eigenvalue weighted by molar-refractivity contribution is 5.44. The van der Waals surface area contributed by atoms with Crippen molar-refractivity contribution in [2.45, 2.75) is 26.8 Å². The van der Waals surface area contributed by atoms with Gasteiger partial charge in [-0.2, -0.15) is 5.10 Å². The van der Waals surface area contributed by atoms with Gasteiger partial charge in [0.05, 0.1) is 6.20 Å². The van der Waals surface area contributed by atoms with E-state index in [-0.39, 0.29) is 0 Å². The summed E-state index contributed by atoms with van der Waals surface area (Å²) in [7, 11) is 4.10. The molecule has 0 spiro atoms. The normalized spacial score (nSPS) is 10.3. The maximum atomic E-state index is 4.30. The van der Waals surface area contributed by atoms with E-state index in [1.165, 1.54) is 11.4 Å². The van der Waals surface area contributed by atoms with Crippen molar-refractivity contribution in [3.05, 3.63) is 11.8 Å². The maximum Gasteiger partial charge on any atom is 0.129 e. The molecule has 0 aromatic carbocycles. The monoisotopic (exact) mass is 167 g/mol. The van der Waals surface area contributed by atoms with Crippen molar-refractivity contribution in [1.29, 1.82) is 0 Å². The topological polar surface area (TPSA) is 21.1 Å². The molecular formula is C9H17N3. The van der Waals surface area contributed by atoms with Crippen molar-refractivity contribution in [2.24, 2.45) is 0 Å². The van der Waals surface area contributed by atoms with Crippen molar-refractivity contribution in [1.82, 2.24) is 9.78 Å². The van der Waals surface area contributed by atoms with Gasteiger partial charge in [0, 0.05) is 26.2 Å². The van der Waals surface area contributed by atoms with Gasteiger partial charge in [-0.3, -0.25) is 0 Å². The Morgan fingerprint density at radius 1 is 1.50 bits per heavy atom. The van der Waals surface area contributed by atoms with E-state index in [9.17, 15) is 0 Å². The third-order valence-electron chi connectivity index (χ3n) is 1.85. The number of anilines is 1. The molecule has 68 valence electrons. The summed E-state index contributed by atoms with van der Waals surface area (Å²) in [6, 6.07) is 0. The Hall–Kier alpha value is -0.990. The first kappa shape index (κ1) is 9.10. The van der Waals surface area contributed by atoms with E-state index in [2.05, 4.69) is 42.6 Å². The zero-order chi connectivity index (χ0) is 9.14. The van der Waals surface area contributed by atoms with Crippen LogP contribution in [0.15, 0.2) is 6.20 Å². The average molecular weight is 167 g/mol. The third-order valence-corrected chi connectivity index (χ3v) is 1.85. The second-order valence-corrected chi connectivity index (χ2v) is 3.27. The lowest BCUT2D eigenvalue weighted by molar-refractivity contribution is 0.600. The van der Waals surface area contributed by atoms with E-state index in [0.717, 1.165) is 13.0 Å². The molecule has 0 amide bonds. The standard InChI is InChI=1S/C9H17N3/c1-5-6-12-9(11(3)4)8(2)7-10-12/h7H,5-6H2,1-4H3. The number of rotatable bonds is 3. The third kappa shape index (κ3) is 1.60. The van der Waals surface area contributed by atoms with Crippen molar-refractivity contribution in [2.75, 3.05) is 19.0 Å². The predicted molar refractivity (Wildman–Crippen MR) is 51.6 cm³/mol. The SMILES string of the molecule is CCCn1ncc(C)c1N(C)C. The van der Waals surface area contributed by atoms with Crippen LogP contribution in [0.3, 0.4) is 0 Å². The van der Waals surface area contributed by atoms with Gasteiger partial charge < -0.3 is 4.90 Å². The van der Waals surface area contributed by atoms with Crippen molar-refractivity contribution < 1.29 is 0 Å². The molecule has 1 rings (SSSR count). The molecule has 0 aliphatic carbocycles. The minimum atomic E-state index is 1.00. The Balaban J connectivity index is 2.95. The lowest BCUT2D eigenvalue weighted by Gasteiger charge is -2.15. The Morgan fingerprint density at radius 3 is 2.67 bits per heavy atom. The van der Waals surface area contributed by atoms with Crippen LogP contribution in [0, 0.1) is 6.92 Å². The molecule has 0 saturated carbocycles. The average Bonchev–Trinajstić information content (AvgIpc) is 2.32. The number of aromatic nitrogens is 2. The molecule has 0 fully saturated rings. The van der Waals surface area contributed by atoms with Gasteiger partial charge in [0.2, 0.25) is 0 Å². The van der Waals surface area contributed by atoms with Crippen molar-refractivity contribution >= 4 is 5.82 Å². The van der Waals surface area contributed by atoms with Crippen LogP contribution in [0.1, 0.15) is 18.9 Å². The van der Waals surface area contributed by atoms with Crippen LogP contribution in [-0.2, 0) is 6.54 Å². The smallest absolute Gasteiger partial charge is 0.129 e. The van der Waals surface area contributed by atoms with E-state index in [1.54, 1.807) is 0 Å². The highest BCUT2D eigenvalue weighted by Crippen LogP contribution is 2.16. The van der Waals surface area contributed by atoms with E-state index >= 15 is 0 Å². The van der Waals surface area contributed by atoms with Gasteiger partial charge >= 0.3 is 0 Å². The first-order chi connectivity index (χ1) is 5.66. The molecule has 12 heavy (non-hydrogen) atoms. The highest BCUT2D eigenvalue weighted by atomic mass is 15.4. The van der Waals surface area contributed by atoms with Crippen LogP contribution in [0.25, 0.3) is 0 Å². The van der Waals surface area contributed by atoms with E-state index < -0.39 is 0 Å². The summed E-state index contributed by atoms with van der Waals surface area (Å²) in [4.78, 5) is 2.11. The number of hydrogen-bond donors (Lipinski definition) is 0. The van der Waals surface area contributed by atoms with Crippen LogP contribution in [0.2, 0.25) is 0 Å². The largest absolute Gasteiger partial charge is 0.363 e. The summed E-state index contributed by atoms with van der Waals surface area (Å²) < 4.78 is 2.05. The molecule has 0 bridgehead atoms. The summed E-state index contributed by atoms with van der Waals surface area (Å²) in [6.45, 7) is 5.26. The van der Waals surface area contributed by atoms with Gasteiger partial charge in [-0.25, -0.2) is 4.68 Å². The van der Waals surface area contributed by atoms with Crippen LogP contribution in [0.4, 0.5) is 5.82 Å². The second kappa shape index (κ2) is 3.61. The molecule has 0 aliphatic heterocycles. The predicted octanol–water partition coefficient (Wildman–Crippen LogP) is 1.67. The Morgan fingerprint density at radius 2 is 2.17 bits per heavy atom. The number of hydrogen-bond acceptors (Lipinski definition) is 2. The van der Waals surface area contributed by atoms with Crippen LogP contribution in [-0.4, -0.2) is 23.9 Å². The summed E-state index contributed by atoms with van der Waals surface area (Å²) in [5.41, 5.74) is 1.24. The Kier molecular flexibility index (Phi) is 2.74. The molecule has 3 heteroatoms. The van der Waals surface area contributed by atoms with Crippen molar-refractivity contribution in [3.8, 4) is 0 Å². The maximum absolute atomic E-state index is 4.30. The fourth-order valence-corrected chi connectivity index (χ4v) is 1.43. The molecule has 3 nitrogen and oxygen atoms in total.